The molecule has 3 aromatic carbocycles. The third kappa shape index (κ3) is 3.54. The molecule has 0 saturated heterocycles. The molecule has 1 N–H and O–H groups in total. The van der Waals surface area contributed by atoms with Crippen molar-refractivity contribution >= 4 is 32.5 Å². The molecule has 4 rings (SSSR count). The highest BCUT2D eigenvalue weighted by atomic mass is 32.2. The molecule has 1 heterocycles. The standard InChI is InChI=1S/C22H17NO4S/c1-15-6-12-19(13-7-15)28(25,26)23-18-10-8-16(9-11-18)22(24)21-14-17-4-2-3-5-20(17)27-21/h2-14,23H,1H3. The highest BCUT2D eigenvalue weighted by Crippen LogP contribution is 2.23. The van der Waals surface area contributed by atoms with E-state index in [-0.39, 0.29) is 16.4 Å². The lowest BCUT2D eigenvalue weighted by molar-refractivity contribution is 0.101. The van der Waals surface area contributed by atoms with Gasteiger partial charge in [-0.15, -0.1) is 0 Å². The molecule has 0 spiro atoms. The second-order valence-corrected chi connectivity index (χ2v) is 8.16. The number of hydrogen-bond acceptors (Lipinski definition) is 4. The van der Waals surface area contributed by atoms with Gasteiger partial charge in [0.15, 0.2) is 5.76 Å². The number of rotatable bonds is 5. The average Bonchev–Trinajstić information content (AvgIpc) is 3.12. The molecular formula is C22H17NO4S. The van der Waals surface area contributed by atoms with Crippen molar-refractivity contribution in [1.29, 1.82) is 0 Å². The van der Waals surface area contributed by atoms with Gasteiger partial charge < -0.3 is 4.42 Å². The highest BCUT2D eigenvalue weighted by molar-refractivity contribution is 7.92. The predicted molar refractivity (Wildman–Crippen MR) is 108 cm³/mol. The molecule has 4 aromatic rings. The minimum absolute atomic E-state index is 0.181. The maximum Gasteiger partial charge on any atom is 0.261 e. The van der Waals surface area contributed by atoms with Gasteiger partial charge in [-0.2, -0.15) is 0 Å². The number of carbonyl (C=O) groups excluding carboxylic acids is 1. The number of benzene rings is 3. The van der Waals surface area contributed by atoms with Gasteiger partial charge in [0.05, 0.1) is 4.90 Å². The van der Waals surface area contributed by atoms with Gasteiger partial charge in [-0.05, 0) is 55.5 Å². The fourth-order valence-corrected chi connectivity index (χ4v) is 3.92. The van der Waals surface area contributed by atoms with Crippen molar-refractivity contribution in [3.05, 3.63) is 95.7 Å². The lowest BCUT2D eigenvalue weighted by atomic mass is 10.1. The van der Waals surface area contributed by atoms with E-state index in [4.69, 9.17) is 4.42 Å². The van der Waals surface area contributed by atoms with E-state index in [0.717, 1.165) is 10.9 Å². The lowest BCUT2D eigenvalue weighted by Gasteiger charge is -2.09. The molecule has 0 aliphatic rings. The summed E-state index contributed by atoms with van der Waals surface area (Å²) in [6.45, 7) is 1.89. The first-order valence-corrected chi connectivity index (χ1v) is 10.1. The molecule has 0 saturated carbocycles. The van der Waals surface area contributed by atoms with E-state index in [1.165, 1.54) is 0 Å². The molecule has 0 fully saturated rings. The van der Waals surface area contributed by atoms with Gasteiger partial charge in [-0.25, -0.2) is 8.42 Å². The number of hydrogen-bond donors (Lipinski definition) is 1. The van der Waals surface area contributed by atoms with Crippen LogP contribution in [0.2, 0.25) is 0 Å². The maximum atomic E-state index is 12.6. The summed E-state index contributed by atoms with van der Waals surface area (Å²) < 4.78 is 33.0. The summed E-state index contributed by atoms with van der Waals surface area (Å²) >= 11 is 0. The Balaban J connectivity index is 1.55. The van der Waals surface area contributed by atoms with E-state index < -0.39 is 10.0 Å². The number of carbonyl (C=O) groups is 1. The topological polar surface area (TPSA) is 76.4 Å². The van der Waals surface area contributed by atoms with Crippen LogP contribution in [0.15, 0.2) is 88.2 Å². The van der Waals surface area contributed by atoms with Gasteiger partial charge in [0, 0.05) is 16.6 Å². The Morgan fingerprint density at radius 2 is 1.57 bits per heavy atom. The van der Waals surface area contributed by atoms with Crippen molar-refractivity contribution in [2.75, 3.05) is 4.72 Å². The summed E-state index contributed by atoms with van der Waals surface area (Å²) in [4.78, 5) is 12.8. The van der Waals surface area contributed by atoms with E-state index in [2.05, 4.69) is 4.72 Å². The minimum Gasteiger partial charge on any atom is -0.453 e. The monoisotopic (exact) mass is 391 g/mol. The second kappa shape index (κ2) is 6.98. The summed E-state index contributed by atoms with van der Waals surface area (Å²) in [6.07, 6.45) is 0. The van der Waals surface area contributed by atoms with Crippen molar-refractivity contribution < 1.29 is 17.6 Å². The largest absolute Gasteiger partial charge is 0.453 e. The molecule has 5 nitrogen and oxygen atoms in total. The van der Waals surface area contributed by atoms with Gasteiger partial charge in [-0.3, -0.25) is 9.52 Å². The normalized spacial score (nSPS) is 11.5. The molecule has 0 amide bonds. The van der Waals surface area contributed by atoms with Crippen LogP contribution in [0, 0.1) is 6.92 Å². The number of ketones is 1. The molecule has 6 heteroatoms. The van der Waals surface area contributed by atoms with E-state index >= 15 is 0 Å². The Labute approximate surface area is 162 Å². The predicted octanol–water partition coefficient (Wildman–Crippen LogP) is 4.77. The highest BCUT2D eigenvalue weighted by Gasteiger charge is 2.16. The SMILES string of the molecule is Cc1ccc(S(=O)(=O)Nc2ccc(C(=O)c3cc4ccccc4o3)cc2)cc1. The molecule has 0 aliphatic heterocycles. The number of furan rings is 1. The molecule has 140 valence electrons. The number of sulfonamides is 1. The van der Waals surface area contributed by atoms with Gasteiger partial charge in [0.25, 0.3) is 10.0 Å². The Morgan fingerprint density at radius 1 is 0.893 bits per heavy atom. The molecule has 1 aromatic heterocycles. The number of fused-ring (bicyclic) bond motifs is 1. The first-order valence-electron chi connectivity index (χ1n) is 8.65. The molecular weight excluding hydrogens is 374 g/mol. The Bertz CT molecular complexity index is 1220. The zero-order valence-corrected chi connectivity index (χ0v) is 15.9. The zero-order chi connectivity index (χ0) is 19.7. The first kappa shape index (κ1) is 18.0. The van der Waals surface area contributed by atoms with Crippen LogP contribution in [0.5, 0.6) is 0 Å². The fourth-order valence-electron chi connectivity index (χ4n) is 2.86. The Hall–Kier alpha value is -3.38. The van der Waals surface area contributed by atoms with Crippen LogP contribution < -0.4 is 4.72 Å². The van der Waals surface area contributed by atoms with Gasteiger partial charge in [0.1, 0.15) is 5.58 Å². The molecule has 0 atom stereocenters. The summed E-state index contributed by atoms with van der Waals surface area (Å²) in [5, 5.41) is 0.855. The summed E-state index contributed by atoms with van der Waals surface area (Å²) in [6, 6.07) is 21.9. The summed E-state index contributed by atoms with van der Waals surface area (Å²) in [7, 11) is -3.69. The molecule has 0 unspecified atom stereocenters. The third-order valence-corrected chi connectivity index (χ3v) is 5.78. The van der Waals surface area contributed by atoms with E-state index in [1.54, 1.807) is 60.7 Å². The van der Waals surface area contributed by atoms with E-state index in [9.17, 15) is 13.2 Å². The number of para-hydroxylation sites is 1. The van der Waals surface area contributed by atoms with Crippen LogP contribution >= 0.6 is 0 Å². The average molecular weight is 391 g/mol. The van der Waals surface area contributed by atoms with Gasteiger partial charge in [0.2, 0.25) is 5.78 Å². The van der Waals surface area contributed by atoms with Crippen molar-refractivity contribution in [1.82, 2.24) is 0 Å². The van der Waals surface area contributed by atoms with Crippen molar-refractivity contribution in [3.8, 4) is 0 Å². The van der Waals surface area contributed by atoms with Gasteiger partial charge in [-0.1, -0.05) is 35.9 Å². The second-order valence-electron chi connectivity index (χ2n) is 6.47. The Kier molecular flexibility index (Phi) is 4.49. The Morgan fingerprint density at radius 3 is 2.25 bits per heavy atom. The number of aryl methyl sites for hydroxylation is 1. The van der Waals surface area contributed by atoms with Crippen molar-refractivity contribution in [2.45, 2.75) is 11.8 Å². The molecule has 0 bridgehead atoms. The summed E-state index contributed by atoms with van der Waals surface area (Å²) in [5.74, 6) is -0.0154. The van der Waals surface area contributed by atoms with Crippen LogP contribution in [-0.2, 0) is 10.0 Å². The maximum absolute atomic E-state index is 12.6. The van der Waals surface area contributed by atoms with Crippen molar-refractivity contribution in [2.24, 2.45) is 0 Å². The van der Waals surface area contributed by atoms with Crippen LogP contribution in [0.25, 0.3) is 11.0 Å². The number of anilines is 1. The van der Waals surface area contributed by atoms with E-state index in [1.807, 2.05) is 25.1 Å². The smallest absolute Gasteiger partial charge is 0.261 e. The quantitative estimate of drug-likeness (QED) is 0.497. The fraction of sp³-hybridized carbons (Fsp3) is 0.0455. The first-order chi connectivity index (χ1) is 13.4. The van der Waals surface area contributed by atoms with Crippen LogP contribution in [0.4, 0.5) is 5.69 Å². The summed E-state index contributed by atoms with van der Waals surface area (Å²) in [5.41, 5.74) is 2.42. The molecule has 0 aliphatic carbocycles. The van der Waals surface area contributed by atoms with E-state index in [0.29, 0.717) is 16.8 Å². The van der Waals surface area contributed by atoms with Crippen LogP contribution in [0.1, 0.15) is 21.7 Å². The molecule has 28 heavy (non-hydrogen) atoms. The van der Waals surface area contributed by atoms with Crippen molar-refractivity contribution in [3.63, 3.8) is 0 Å². The number of nitrogens with one attached hydrogen (secondary N) is 1. The van der Waals surface area contributed by atoms with Crippen LogP contribution in [0.3, 0.4) is 0 Å². The van der Waals surface area contributed by atoms with Gasteiger partial charge >= 0.3 is 0 Å². The lowest BCUT2D eigenvalue weighted by Crippen LogP contribution is -2.13. The van der Waals surface area contributed by atoms with Crippen LogP contribution in [-0.4, -0.2) is 14.2 Å². The minimum atomic E-state index is -3.69. The zero-order valence-electron chi connectivity index (χ0n) is 15.0. The molecule has 0 radical (unpaired) electrons. The third-order valence-electron chi connectivity index (χ3n) is 4.38.